The van der Waals surface area contributed by atoms with Crippen LogP contribution >= 0.6 is 15.6 Å². The Balaban J connectivity index is 5.20. The Hall–Kier alpha value is -1.94. The van der Waals surface area contributed by atoms with E-state index in [4.69, 9.17) is 37.0 Å². The number of carbonyl (C=O) groups is 4. The number of phosphoric ester groups is 2. The quantitative estimate of drug-likeness (QED) is 0.0222. The third kappa shape index (κ3) is 64.1. The van der Waals surface area contributed by atoms with Crippen LogP contribution in [0.3, 0.4) is 0 Å². The number of unbranched alkanes of at least 4 members (excludes halogenated alkanes) is 34. The molecule has 0 amide bonds. The monoisotopic (exact) mass is 1350 g/mol. The molecule has 7 atom stereocenters. The second-order valence-corrected chi connectivity index (χ2v) is 30.7. The van der Waals surface area contributed by atoms with Crippen molar-refractivity contribution < 1.29 is 80.2 Å². The van der Waals surface area contributed by atoms with Gasteiger partial charge < -0.3 is 33.8 Å². The van der Waals surface area contributed by atoms with Gasteiger partial charge in [0.1, 0.15) is 19.3 Å². The molecule has 0 aromatic carbocycles. The van der Waals surface area contributed by atoms with Gasteiger partial charge in [-0.05, 0) is 49.4 Å². The zero-order chi connectivity index (χ0) is 68.2. The fraction of sp³-hybridized carbons (Fsp3) is 0.945. The molecule has 17 nitrogen and oxygen atoms in total. The van der Waals surface area contributed by atoms with Crippen LogP contribution in [-0.2, 0) is 65.4 Å². The zero-order valence-electron chi connectivity index (χ0n) is 60.2. The van der Waals surface area contributed by atoms with Crippen LogP contribution in [0.15, 0.2) is 0 Å². The Labute approximate surface area is 562 Å². The second-order valence-electron chi connectivity index (χ2n) is 27.8. The Bertz CT molecular complexity index is 1820. The highest BCUT2D eigenvalue weighted by atomic mass is 31.2. The van der Waals surface area contributed by atoms with Gasteiger partial charge in [0.15, 0.2) is 12.2 Å². The minimum Gasteiger partial charge on any atom is -0.462 e. The van der Waals surface area contributed by atoms with E-state index in [1.807, 2.05) is 0 Å². The van der Waals surface area contributed by atoms with Crippen molar-refractivity contribution in [2.45, 2.75) is 382 Å². The average molecular weight is 1350 g/mol. The van der Waals surface area contributed by atoms with Gasteiger partial charge in [-0.3, -0.25) is 37.3 Å². The molecule has 0 aliphatic heterocycles. The van der Waals surface area contributed by atoms with Gasteiger partial charge in [-0.25, -0.2) is 9.13 Å². The lowest BCUT2D eigenvalue weighted by molar-refractivity contribution is -0.161. The van der Waals surface area contributed by atoms with Crippen molar-refractivity contribution in [2.75, 3.05) is 39.6 Å². The van der Waals surface area contributed by atoms with Crippen molar-refractivity contribution in [1.82, 2.24) is 0 Å². The summed E-state index contributed by atoms with van der Waals surface area (Å²) < 4.78 is 68.4. The molecule has 0 fully saturated rings. The van der Waals surface area contributed by atoms with Gasteiger partial charge in [0, 0.05) is 25.7 Å². The lowest BCUT2D eigenvalue weighted by Crippen LogP contribution is -2.30. The largest absolute Gasteiger partial charge is 0.472 e. The average Bonchev–Trinajstić information content (AvgIpc) is 2.11. The minimum atomic E-state index is -4.95. The molecular formula is C73H142O17P2. The summed E-state index contributed by atoms with van der Waals surface area (Å²) in [6.45, 7) is 14.1. The number of phosphoric acid groups is 2. The summed E-state index contributed by atoms with van der Waals surface area (Å²) in [6.07, 6.45) is 45.9. The van der Waals surface area contributed by atoms with E-state index in [1.165, 1.54) is 161 Å². The van der Waals surface area contributed by atoms with E-state index in [0.29, 0.717) is 31.6 Å². The number of ether oxygens (including phenoxy) is 4. The highest BCUT2D eigenvalue weighted by Crippen LogP contribution is 2.45. The predicted octanol–water partition coefficient (Wildman–Crippen LogP) is 20.9. The molecular weight excluding hydrogens is 1210 g/mol. The Kier molecular flexibility index (Phi) is 61.3. The van der Waals surface area contributed by atoms with Crippen LogP contribution in [0.5, 0.6) is 0 Å². The number of aliphatic hydroxyl groups is 1. The molecule has 0 radical (unpaired) electrons. The third-order valence-electron chi connectivity index (χ3n) is 17.5. The number of hydrogen-bond acceptors (Lipinski definition) is 15. The van der Waals surface area contributed by atoms with Crippen molar-refractivity contribution in [3.8, 4) is 0 Å². The number of hydrogen-bond donors (Lipinski definition) is 3. The molecule has 19 heteroatoms. The molecule has 0 aliphatic carbocycles. The maximum Gasteiger partial charge on any atom is 0.472 e. The molecule has 546 valence electrons. The van der Waals surface area contributed by atoms with Crippen molar-refractivity contribution in [1.29, 1.82) is 0 Å². The first-order valence-electron chi connectivity index (χ1n) is 37.8. The molecule has 0 spiro atoms. The van der Waals surface area contributed by atoms with Gasteiger partial charge in [0.25, 0.3) is 0 Å². The van der Waals surface area contributed by atoms with E-state index >= 15 is 0 Å². The smallest absolute Gasteiger partial charge is 0.462 e. The fourth-order valence-corrected chi connectivity index (χ4v) is 12.5. The first kappa shape index (κ1) is 90.1. The van der Waals surface area contributed by atoms with Crippen LogP contribution < -0.4 is 0 Å². The molecule has 0 aromatic heterocycles. The summed E-state index contributed by atoms with van der Waals surface area (Å²) in [5, 5.41) is 10.6. The normalized spacial score (nSPS) is 14.8. The Morgan fingerprint density at radius 1 is 0.304 bits per heavy atom. The number of aliphatic hydroxyl groups excluding tert-OH is 1. The number of carbonyl (C=O) groups excluding carboxylic acids is 4. The van der Waals surface area contributed by atoms with Crippen LogP contribution in [0.2, 0.25) is 0 Å². The molecule has 0 saturated heterocycles. The van der Waals surface area contributed by atoms with Crippen LogP contribution in [0.1, 0.15) is 364 Å². The maximum absolute atomic E-state index is 13.0. The molecule has 0 rings (SSSR count). The summed E-state index contributed by atoms with van der Waals surface area (Å²) in [5.74, 6) is 0.906. The van der Waals surface area contributed by atoms with Gasteiger partial charge in [-0.15, -0.1) is 0 Å². The lowest BCUT2D eigenvalue weighted by atomic mass is 9.99. The summed E-state index contributed by atoms with van der Waals surface area (Å²) in [4.78, 5) is 72.6. The van der Waals surface area contributed by atoms with Crippen LogP contribution in [0, 0.1) is 23.7 Å². The fourth-order valence-electron chi connectivity index (χ4n) is 11.0. The summed E-state index contributed by atoms with van der Waals surface area (Å²) in [6, 6.07) is 0. The maximum atomic E-state index is 13.0. The van der Waals surface area contributed by atoms with Gasteiger partial charge in [0.2, 0.25) is 0 Å². The predicted molar refractivity (Wildman–Crippen MR) is 372 cm³/mol. The van der Waals surface area contributed by atoms with E-state index in [2.05, 4.69) is 55.4 Å². The van der Waals surface area contributed by atoms with Gasteiger partial charge in [0.05, 0.1) is 26.4 Å². The molecule has 0 bridgehead atoms. The van der Waals surface area contributed by atoms with E-state index < -0.39 is 97.5 Å². The van der Waals surface area contributed by atoms with E-state index in [9.17, 15) is 43.2 Å². The highest BCUT2D eigenvalue weighted by Gasteiger charge is 2.30. The zero-order valence-corrected chi connectivity index (χ0v) is 62.0. The van der Waals surface area contributed by atoms with Crippen LogP contribution in [0.25, 0.3) is 0 Å². The number of rotatable bonds is 70. The van der Waals surface area contributed by atoms with Gasteiger partial charge >= 0.3 is 39.5 Å². The molecule has 0 aromatic rings. The minimum absolute atomic E-state index is 0.103. The molecule has 0 aliphatic rings. The van der Waals surface area contributed by atoms with E-state index in [0.717, 1.165) is 114 Å². The van der Waals surface area contributed by atoms with Gasteiger partial charge in [-0.1, -0.05) is 312 Å². The second kappa shape index (κ2) is 62.6. The first-order valence-corrected chi connectivity index (χ1v) is 40.8. The van der Waals surface area contributed by atoms with E-state index in [1.54, 1.807) is 0 Å². The van der Waals surface area contributed by atoms with Crippen LogP contribution in [-0.4, -0.2) is 96.7 Å². The lowest BCUT2D eigenvalue weighted by Gasteiger charge is -2.21. The molecule has 3 N–H and O–H groups in total. The summed E-state index contributed by atoms with van der Waals surface area (Å²) in [7, 11) is -9.91. The molecule has 0 saturated carbocycles. The first-order chi connectivity index (χ1) is 44.2. The molecule has 92 heavy (non-hydrogen) atoms. The Morgan fingerprint density at radius 3 is 0.772 bits per heavy atom. The van der Waals surface area contributed by atoms with Crippen molar-refractivity contribution in [3.05, 3.63) is 0 Å². The number of esters is 4. The Morgan fingerprint density at radius 2 is 0.522 bits per heavy atom. The van der Waals surface area contributed by atoms with Gasteiger partial charge in [-0.2, -0.15) is 0 Å². The molecule has 5 unspecified atom stereocenters. The topological polar surface area (TPSA) is 237 Å². The standard InChI is InChI=1S/C73H142O17P2/c1-9-65(7)51-43-35-27-21-18-19-23-29-39-47-55-72(77)89-68(59-84-71(76)54-46-38-30-24-26-34-42-50-64(5)6)61-87-91(79,80)85-57-67(74)58-86-92(81,82)88-62-69(90-73(78)56-48-40-32-31-36-44-52-66(8)10-2)60-83-70(75)53-45-37-28-22-17-15-13-11-12-14-16-20-25-33-41-49-63(3)4/h63-69,74H,9-62H2,1-8H3,(H,79,80)(H,81,82)/t65?,66?,67?,68-,69-/m1/s1. The van der Waals surface area contributed by atoms with E-state index in [-0.39, 0.29) is 25.7 Å². The SMILES string of the molecule is CCC(C)CCCCCCCCCCCCC(=O)O[C@H](COC(=O)CCCCCCCCCC(C)C)COP(=O)(O)OCC(O)COP(=O)(O)OC[C@@H](COC(=O)CCCCCCCCCCCCCCCCCC(C)C)OC(=O)CCCCCCCCC(C)CC. The van der Waals surface area contributed by atoms with Crippen LogP contribution in [0.4, 0.5) is 0 Å². The van der Waals surface area contributed by atoms with Crippen molar-refractivity contribution in [3.63, 3.8) is 0 Å². The van der Waals surface area contributed by atoms with Crippen molar-refractivity contribution >= 4 is 39.5 Å². The third-order valence-corrected chi connectivity index (χ3v) is 19.4. The van der Waals surface area contributed by atoms with Crippen molar-refractivity contribution in [2.24, 2.45) is 23.7 Å². The highest BCUT2D eigenvalue weighted by molar-refractivity contribution is 7.47. The molecule has 0 heterocycles. The summed E-state index contributed by atoms with van der Waals surface area (Å²) >= 11 is 0. The summed E-state index contributed by atoms with van der Waals surface area (Å²) in [5.41, 5.74) is 0.